The van der Waals surface area contributed by atoms with Crippen LogP contribution < -0.4 is 16.0 Å². The molecule has 13 heavy (non-hydrogen) atoms. The number of methoxy groups -OCH3 is 1. The van der Waals surface area contributed by atoms with Crippen molar-refractivity contribution in [3.05, 3.63) is 28.8 Å². The zero-order chi connectivity index (χ0) is 9.84. The van der Waals surface area contributed by atoms with Gasteiger partial charge in [0.2, 0.25) is 0 Å². The number of carbonyl (C=O) groups is 1. The maximum atomic E-state index is 11.1. The van der Waals surface area contributed by atoms with Crippen molar-refractivity contribution >= 4 is 17.5 Å². The molecule has 0 spiro atoms. The number of amides is 1. The zero-order valence-corrected chi connectivity index (χ0v) is 7.76. The molecule has 0 unspecified atom stereocenters. The second-order valence-electron chi connectivity index (χ2n) is 2.32. The van der Waals surface area contributed by atoms with Gasteiger partial charge in [-0.3, -0.25) is 10.2 Å². The summed E-state index contributed by atoms with van der Waals surface area (Å²) in [5.41, 5.74) is 2.37. The molecular weight excluding hydrogens is 192 g/mol. The van der Waals surface area contributed by atoms with Crippen molar-refractivity contribution in [3.63, 3.8) is 0 Å². The van der Waals surface area contributed by atoms with Crippen LogP contribution in [0, 0.1) is 0 Å². The summed E-state index contributed by atoms with van der Waals surface area (Å²) in [6.45, 7) is 0. The molecule has 0 saturated heterocycles. The molecule has 0 aromatic heterocycles. The highest BCUT2D eigenvalue weighted by molar-refractivity contribution is 6.30. The van der Waals surface area contributed by atoms with Crippen LogP contribution in [0.15, 0.2) is 18.2 Å². The van der Waals surface area contributed by atoms with Gasteiger partial charge in [0.05, 0.1) is 12.7 Å². The molecular formula is C8H9ClN2O2. The standard InChI is InChI=1S/C8H9ClN2O2/c1-13-7-4-5(9)2-3-6(7)8(12)11-10/h2-4H,10H2,1H3,(H,11,12). The van der Waals surface area contributed by atoms with Crippen LogP contribution in [0.1, 0.15) is 10.4 Å². The molecule has 0 saturated carbocycles. The first kappa shape index (κ1) is 9.83. The van der Waals surface area contributed by atoms with Gasteiger partial charge in [-0.1, -0.05) is 11.6 Å². The van der Waals surface area contributed by atoms with Crippen LogP contribution in [-0.4, -0.2) is 13.0 Å². The second kappa shape index (κ2) is 4.11. The fourth-order valence-electron chi connectivity index (χ4n) is 0.930. The Kier molecular flexibility index (Phi) is 3.11. The molecule has 1 aromatic rings. The summed E-state index contributed by atoms with van der Waals surface area (Å²) in [5.74, 6) is 4.97. The van der Waals surface area contributed by atoms with E-state index >= 15 is 0 Å². The number of hydrogen-bond acceptors (Lipinski definition) is 3. The van der Waals surface area contributed by atoms with Gasteiger partial charge in [0.1, 0.15) is 5.75 Å². The number of benzene rings is 1. The van der Waals surface area contributed by atoms with Crippen LogP contribution in [0.3, 0.4) is 0 Å². The minimum Gasteiger partial charge on any atom is -0.496 e. The van der Waals surface area contributed by atoms with Crippen LogP contribution >= 0.6 is 11.6 Å². The summed E-state index contributed by atoms with van der Waals surface area (Å²) in [5, 5.41) is 0.505. The molecule has 3 N–H and O–H groups in total. The Morgan fingerprint density at radius 2 is 2.31 bits per heavy atom. The predicted molar refractivity (Wildman–Crippen MR) is 49.7 cm³/mol. The Labute approximate surface area is 80.6 Å². The van der Waals surface area contributed by atoms with E-state index in [1.54, 1.807) is 18.2 Å². The molecule has 5 heteroatoms. The fraction of sp³-hybridized carbons (Fsp3) is 0.125. The third-order valence-corrected chi connectivity index (χ3v) is 1.77. The number of hydrogen-bond donors (Lipinski definition) is 2. The predicted octanol–water partition coefficient (Wildman–Crippen LogP) is 0.952. The maximum Gasteiger partial charge on any atom is 0.268 e. The maximum absolute atomic E-state index is 11.1. The molecule has 4 nitrogen and oxygen atoms in total. The summed E-state index contributed by atoms with van der Waals surface area (Å²) in [6, 6.07) is 4.68. The number of rotatable bonds is 2. The molecule has 0 fully saturated rings. The van der Waals surface area contributed by atoms with Crippen LogP contribution in [0.25, 0.3) is 0 Å². The highest BCUT2D eigenvalue weighted by Gasteiger charge is 2.10. The van der Waals surface area contributed by atoms with Crippen molar-refractivity contribution in [3.8, 4) is 5.75 Å². The molecule has 1 rings (SSSR count). The summed E-state index contributed by atoms with van der Waals surface area (Å²) < 4.78 is 4.95. The third kappa shape index (κ3) is 2.11. The van der Waals surface area contributed by atoms with Gasteiger partial charge in [-0.05, 0) is 18.2 Å². The Balaban J connectivity index is 3.13. The smallest absolute Gasteiger partial charge is 0.268 e. The normalized spacial score (nSPS) is 9.46. The number of carbonyl (C=O) groups excluding carboxylic acids is 1. The van der Waals surface area contributed by atoms with E-state index in [-0.39, 0.29) is 0 Å². The molecule has 1 amide bonds. The Morgan fingerprint density at radius 1 is 1.62 bits per heavy atom. The van der Waals surface area contributed by atoms with Crippen molar-refractivity contribution in [2.75, 3.05) is 7.11 Å². The zero-order valence-electron chi connectivity index (χ0n) is 7.00. The number of halogens is 1. The van der Waals surface area contributed by atoms with E-state index in [4.69, 9.17) is 22.2 Å². The number of nitrogens with two attached hydrogens (primary N) is 1. The minimum atomic E-state index is -0.409. The highest BCUT2D eigenvalue weighted by Crippen LogP contribution is 2.22. The van der Waals surface area contributed by atoms with Gasteiger partial charge < -0.3 is 4.74 Å². The third-order valence-electron chi connectivity index (χ3n) is 1.54. The van der Waals surface area contributed by atoms with Crippen molar-refractivity contribution in [2.24, 2.45) is 5.84 Å². The number of hydrazine groups is 1. The quantitative estimate of drug-likeness (QED) is 0.425. The number of nitrogen functional groups attached to an aromatic ring is 1. The van der Waals surface area contributed by atoms with Crippen LogP contribution in [0.4, 0.5) is 0 Å². The molecule has 0 bridgehead atoms. The number of ether oxygens (including phenoxy) is 1. The SMILES string of the molecule is COc1cc(Cl)ccc1C(=O)NN. The number of nitrogens with one attached hydrogen (secondary N) is 1. The molecule has 0 radical (unpaired) electrons. The Bertz CT molecular complexity index is 328. The van der Waals surface area contributed by atoms with Gasteiger partial charge >= 0.3 is 0 Å². The topological polar surface area (TPSA) is 64.3 Å². The first-order valence-corrected chi connectivity index (χ1v) is 3.91. The Morgan fingerprint density at radius 3 is 2.85 bits per heavy atom. The van der Waals surface area contributed by atoms with E-state index in [0.29, 0.717) is 16.3 Å². The minimum absolute atomic E-state index is 0.356. The summed E-state index contributed by atoms with van der Waals surface area (Å²) >= 11 is 5.70. The average Bonchev–Trinajstić information content (AvgIpc) is 2.16. The molecule has 1 aromatic carbocycles. The summed E-state index contributed by atoms with van der Waals surface area (Å²) in [7, 11) is 1.46. The van der Waals surface area contributed by atoms with Crippen molar-refractivity contribution in [1.82, 2.24) is 5.43 Å². The van der Waals surface area contributed by atoms with E-state index in [9.17, 15) is 4.79 Å². The largest absolute Gasteiger partial charge is 0.496 e. The van der Waals surface area contributed by atoms with E-state index in [0.717, 1.165) is 0 Å². The lowest BCUT2D eigenvalue weighted by molar-refractivity contribution is 0.0950. The first-order valence-electron chi connectivity index (χ1n) is 3.53. The van der Waals surface area contributed by atoms with E-state index < -0.39 is 5.91 Å². The summed E-state index contributed by atoms with van der Waals surface area (Å²) in [6.07, 6.45) is 0. The van der Waals surface area contributed by atoms with Gasteiger partial charge in [-0.25, -0.2) is 5.84 Å². The van der Waals surface area contributed by atoms with Crippen molar-refractivity contribution < 1.29 is 9.53 Å². The van der Waals surface area contributed by atoms with Crippen LogP contribution in [0.5, 0.6) is 5.75 Å². The first-order chi connectivity index (χ1) is 6.19. The molecule has 0 aliphatic carbocycles. The summed E-state index contributed by atoms with van der Waals surface area (Å²) in [4.78, 5) is 11.1. The second-order valence-corrected chi connectivity index (χ2v) is 2.75. The van der Waals surface area contributed by atoms with E-state index in [1.807, 2.05) is 5.43 Å². The van der Waals surface area contributed by atoms with Crippen molar-refractivity contribution in [2.45, 2.75) is 0 Å². The Hall–Kier alpha value is -1.26. The molecule has 70 valence electrons. The van der Waals surface area contributed by atoms with Gasteiger partial charge in [0.25, 0.3) is 5.91 Å². The van der Waals surface area contributed by atoms with Crippen LogP contribution in [0.2, 0.25) is 5.02 Å². The lowest BCUT2D eigenvalue weighted by Gasteiger charge is -2.06. The average molecular weight is 201 g/mol. The van der Waals surface area contributed by atoms with Crippen molar-refractivity contribution in [1.29, 1.82) is 0 Å². The van der Waals surface area contributed by atoms with Gasteiger partial charge in [-0.15, -0.1) is 0 Å². The van der Waals surface area contributed by atoms with Gasteiger partial charge in [-0.2, -0.15) is 0 Å². The fourth-order valence-corrected chi connectivity index (χ4v) is 1.09. The molecule has 0 atom stereocenters. The van der Waals surface area contributed by atoms with E-state index in [1.165, 1.54) is 7.11 Å². The molecule has 0 aliphatic rings. The molecule has 0 aliphatic heterocycles. The van der Waals surface area contributed by atoms with Gasteiger partial charge in [0.15, 0.2) is 0 Å². The molecule has 0 heterocycles. The monoisotopic (exact) mass is 200 g/mol. The lowest BCUT2D eigenvalue weighted by Crippen LogP contribution is -2.30. The lowest BCUT2D eigenvalue weighted by atomic mass is 10.2. The highest BCUT2D eigenvalue weighted by atomic mass is 35.5. The van der Waals surface area contributed by atoms with Crippen LogP contribution in [-0.2, 0) is 0 Å². The van der Waals surface area contributed by atoms with E-state index in [2.05, 4.69) is 0 Å². The van der Waals surface area contributed by atoms with Gasteiger partial charge in [0, 0.05) is 5.02 Å².